The van der Waals surface area contributed by atoms with Gasteiger partial charge in [0.15, 0.2) is 0 Å². The summed E-state index contributed by atoms with van der Waals surface area (Å²) in [7, 11) is 0. The summed E-state index contributed by atoms with van der Waals surface area (Å²) in [6, 6.07) is 8.67. The second kappa shape index (κ2) is 6.54. The van der Waals surface area contributed by atoms with Gasteiger partial charge in [0.1, 0.15) is 12.4 Å². The standard InChI is InChI=1S/C14H23NO/c1-5-15-12(4)10-16-14-9-7-6-8-13(14)11(2)3/h6-9,11-12,15H,5,10H2,1-4H3. The molecule has 1 N–H and O–H groups in total. The molecule has 0 aromatic heterocycles. The lowest BCUT2D eigenvalue weighted by atomic mass is 10.0. The molecule has 0 radical (unpaired) electrons. The lowest BCUT2D eigenvalue weighted by Gasteiger charge is -2.17. The molecule has 0 saturated carbocycles. The number of ether oxygens (including phenoxy) is 1. The highest BCUT2D eigenvalue weighted by Gasteiger charge is 2.08. The zero-order valence-electron chi connectivity index (χ0n) is 10.8. The minimum Gasteiger partial charge on any atom is -0.492 e. The van der Waals surface area contributed by atoms with E-state index in [9.17, 15) is 0 Å². The first-order valence-electron chi connectivity index (χ1n) is 6.10. The van der Waals surface area contributed by atoms with Gasteiger partial charge in [-0.1, -0.05) is 39.0 Å². The highest BCUT2D eigenvalue weighted by Crippen LogP contribution is 2.25. The smallest absolute Gasteiger partial charge is 0.122 e. The van der Waals surface area contributed by atoms with Crippen molar-refractivity contribution in [2.45, 2.75) is 39.7 Å². The summed E-state index contributed by atoms with van der Waals surface area (Å²) in [6.45, 7) is 10.3. The van der Waals surface area contributed by atoms with Gasteiger partial charge in [0.05, 0.1) is 0 Å². The molecule has 0 aliphatic carbocycles. The summed E-state index contributed by atoms with van der Waals surface area (Å²) >= 11 is 0. The number of benzene rings is 1. The Kier molecular flexibility index (Phi) is 5.33. The molecule has 0 fully saturated rings. The molecular formula is C14H23NO. The first kappa shape index (κ1) is 13.0. The molecule has 0 amide bonds. The molecule has 90 valence electrons. The molecule has 0 saturated heterocycles. The quantitative estimate of drug-likeness (QED) is 0.796. The zero-order valence-corrected chi connectivity index (χ0v) is 10.8. The Morgan fingerprint density at radius 2 is 1.88 bits per heavy atom. The Balaban J connectivity index is 2.59. The average molecular weight is 221 g/mol. The molecule has 2 heteroatoms. The first-order chi connectivity index (χ1) is 7.65. The summed E-state index contributed by atoms with van der Waals surface area (Å²) < 4.78 is 5.85. The minimum absolute atomic E-state index is 0.394. The third-order valence-electron chi connectivity index (χ3n) is 2.58. The van der Waals surface area contributed by atoms with Gasteiger partial charge < -0.3 is 10.1 Å². The maximum absolute atomic E-state index is 5.85. The molecule has 1 aromatic carbocycles. The van der Waals surface area contributed by atoms with E-state index >= 15 is 0 Å². The maximum Gasteiger partial charge on any atom is 0.122 e. The van der Waals surface area contributed by atoms with E-state index in [1.54, 1.807) is 0 Å². The monoisotopic (exact) mass is 221 g/mol. The first-order valence-corrected chi connectivity index (χ1v) is 6.10. The molecule has 0 heterocycles. The third-order valence-corrected chi connectivity index (χ3v) is 2.58. The van der Waals surface area contributed by atoms with E-state index < -0.39 is 0 Å². The van der Waals surface area contributed by atoms with Crippen LogP contribution in [0, 0.1) is 0 Å². The average Bonchev–Trinajstić information content (AvgIpc) is 2.27. The minimum atomic E-state index is 0.394. The molecule has 0 spiro atoms. The third kappa shape index (κ3) is 3.86. The van der Waals surface area contributed by atoms with E-state index in [-0.39, 0.29) is 0 Å². The predicted molar refractivity (Wildman–Crippen MR) is 69.2 cm³/mol. The number of rotatable bonds is 6. The van der Waals surface area contributed by atoms with Crippen molar-refractivity contribution in [2.75, 3.05) is 13.2 Å². The van der Waals surface area contributed by atoms with Gasteiger partial charge in [-0.05, 0) is 31.0 Å². The van der Waals surface area contributed by atoms with Crippen LogP contribution in [0.1, 0.15) is 39.2 Å². The Bertz CT molecular complexity index is 309. The van der Waals surface area contributed by atoms with Gasteiger partial charge in [-0.3, -0.25) is 0 Å². The second-order valence-electron chi connectivity index (χ2n) is 4.46. The Hall–Kier alpha value is -1.02. The van der Waals surface area contributed by atoms with Gasteiger partial charge in [-0.25, -0.2) is 0 Å². The Labute approximate surface area is 99.0 Å². The number of nitrogens with one attached hydrogen (secondary N) is 1. The van der Waals surface area contributed by atoms with Crippen LogP contribution in [0.5, 0.6) is 5.75 Å². The molecule has 0 aliphatic heterocycles. The molecule has 1 aromatic rings. The number of para-hydroxylation sites is 1. The van der Waals surface area contributed by atoms with Crippen molar-refractivity contribution in [1.29, 1.82) is 0 Å². The van der Waals surface area contributed by atoms with E-state index in [0.717, 1.165) is 18.9 Å². The van der Waals surface area contributed by atoms with Gasteiger partial charge in [0.25, 0.3) is 0 Å². The molecule has 0 bridgehead atoms. The molecule has 0 aliphatic rings. The van der Waals surface area contributed by atoms with Crippen molar-refractivity contribution in [3.63, 3.8) is 0 Å². The van der Waals surface area contributed by atoms with Crippen molar-refractivity contribution in [1.82, 2.24) is 5.32 Å². The van der Waals surface area contributed by atoms with E-state index in [2.05, 4.69) is 45.1 Å². The van der Waals surface area contributed by atoms with Crippen LogP contribution in [0.3, 0.4) is 0 Å². The van der Waals surface area contributed by atoms with Crippen LogP contribution >= 0.6 is 0 Å². The van der Waals surface area contributed by atoms with Gasteiger partial charge in [0.2, 0.25) is 0 Å². The van der Waals surface area contributed by atoms with Crippen LogP contribution in [0.4, 0.5) is 0 Å². The van der Waals surface area contributed by atoms with Crippen molar-refractivity contribution >= 4 is 0 Å². The Morgan fingerprint density at radius 3 is 2.50 bits per heavy atom. The fourth-order valence-electron chi connectivity index (χ4n) is 1.71. The molecule has 1 atom stereocenters. The lowest BCUT2D eigenvalue weighted by molar-refractivity contribution is 0.272. The SMILES string of the molecule is CCNC(C)COc1ccccc1C(C)C. The fraction of sp³-hybridized carbons (Fsp3) is 0.571. The van der Waals surface area contributed by atoms with E-state index in [4.69, 9.17) is 4.74 Å². The number of likely N-dealkylation sites (N-methyl/N-ethyl adjacent to an activating group) is 1. The number of hydrogen-bond donors (Lipinski definition) is 1. The van der Waals surface area contributed by atoms with Crippen LogP contribution in [0.15, 0.2) is 24.3 Å². The van der Waals surface area contributed by atoms with Crippen molar-refractivity contribution < 1.29 is 4.74 Å². The summed E-state index contributed by atoms with van der Waals surface area (Å²) in [5, 5.41) is 3.34. The summed E-state index contributed by atoms with van der Waals surface area (Å²) in [4.78, 5) is 0. The maximum atomic E-state index is 5.85. The van der Waals surface area contributed by atoms with Gasteiger partial charge in [-0.15, -0.1) is 0 Å². The van der Waals surface area contributed by atoms with Gasteiger partial charge in [-0.2, -0.15) is 0 Å². The van der Waals surface area contributed by atoms with Gasteiger partial charge >= 0.3 is 0 Å². The van der Waals surface area contributed by atoms with Crippen LogP contribution in [0.2, 0.25) is 0 Å². The van der Waals surface area contributed by atoms with Gasteiger partial charge in [0, 0.05) is 6.04 Å². The molecule has 1 rings (SSSR count). The zero-order chi connectivity index (χ0) is 12.0. The van der Waals surface area contributed by atoms with E-state index in [1.807, 2.05) is 12.1 Å². The summed E-state index contributed by atoms with van der Waals surface area (Å²) in [5.74, 6) is 1.52. The summed E-state index contributed by atoms with van der Waals surface area (Å²) in [5.41, 5.74) is 1.28. The molecule has 16 heavy (non-hydrogen) atoms. The lowest BCUT2D eigenvalue weighted by Crippen LogP contribution is -2.31. The topological polar surface area (TPSA) is 21.3 Å². The highest BCUT2D eigenvalue weighted by atomic mass is 16.5. The van der Waals surface area contributed by atoms with Crippen molar-refractivity contribution in [3.8, 4) is 5.75 Å². The van der Waals surface area contributed by atoms with E-state index in [0.29, 0.717) is 12.0 Å². The molecule has 2 nitrogen and oxygen atoms in total. The largest absolute Gasteiger partial charge is 0.492 e. The normalized spacial score (nSPS) is 12.8. The molecular weight excluding hydrogens is 198 g/mol. The van der Waals surface area contributed by atoms with E-state index in [1.165, 1.54) is 5.56 Å². The predicted octanol–water partition coefficient (Wildman–Crippen LogP) is 3.19. The van der Waals surface area contributed by atoms with Crippen molar-refractivity contribution in [3.05, 3.63) is 29.8 Å². The van der Waals surface area contributed by atoms with Crippen LogP contribution in [-0.2, 0) is 0 Å². The van der Waals surface area contributed by atoms with Crippen LogP contribution < -0.4 is 10.1 Å². The van der Waals surface area contributed by atoms with Crippen LogP contribution in [-0.4, -0.2) is 19.2 Å². The highest BCUT2D eigenvalue weighted by molar-refractivity contribution is 5.35. The fourth-order valence-corrected chi connectivity index (χ4v) is 1.71. The summed E-state index contributed by atoms with van der Waals surface area (Å²) in [6.07, 6.45) is 0. The second-order valence-corrected chi connectivity index (χ2v) is 4.46. The van der Waals surface area contributed by atoms with Crippen LogP contribution in [0.25, 0.3) is 0 Å². The number of hydrogen-bond acceptors (Lipinski definition) is 2. The molecule has 1 unspecified atom stereocenters. The van der Waals surface area contributed by atoms with Crippen molar-refractivity contribution in [2.24, 2.45) is 0 Å². The Morgan fingerprint density at radius 1 is 1.19 bits per heavy atom.